The molecule has 2 aromatic heterocycles. The van der Waals surface area contributed by atoms with Gasteiger partial charge in [0.1, 0.15) is 17.0 Å². The van der Waals surface area contributed by atoms with Crippen molar-refractivity contribution in [2.75, 3.05) is 45.8 Å². The molecule has 0 aliphatic carbocycles. The summed E-state index contributed by atoms with van der Waals surface area (Å²) in [5.41, 5.74) is 1.84. The number of aliphatic imine (C=N–C) groups is 1. The van der Waals surface area contributed by atoms with E-state index in [9.17, 15) is 4.79 Å². The Kier molecular flexibility index (Phi) is 6.25. The lowest BCUT2D eigenvalue weighted by molar-refractivity contribution is 0.208. The lowest BCUT2D eigenvalue weighted by Crippen LogP contribution is -2.24. The largest absolute Gasteiger partial charge is 0.383 e. The molecular formula is C16H22N4O3. The van der Waals surface area contributed by atoms with E-state index >= 15 is 0 Å². The lowest BCUT2D eigenvalue weighted by atomic mass is 10.2. The number of pyridine rings is 1. The predicted octanol–water partition coefficient (Wildman–Crippen LogP) is 1.13. The van der Waals surface area contributed by atoms with Gasteiger partial charge in [0.2, 0.25) is 0 Å². The molecule has 0 aromatic carbocycles. The first kappa shape index (κ1) is 17.1. The Morgan fingerprint density at radius 1 is 1.35 bits per heavy atom. The van der Waals surface area contributed by atoms with Crippen LogP contribution >= 0.6 is 0 Å². The molecule has 23 heavy (non-hydrogen) atoms. The molecule has 0 unspecified atom stereocenters. The molecule has 7 heteroatoms. The summed E-state index contributed by atoms with van der Waals surface area (Å²) in [7, 11) is 3.24. The van der Waals surface area contributed by atoms with E-state index in [1.807, 2.05) is 19.1 Å². The maximum Gasteiger partial charge on any atom is 0.268 e. The molecule has 1 N–H and O–H groups in total. The van der Waals surface area contributed by atoms with Crippen LogP contribution in [0.5, 0.6) is 0 Å². The zero-order chi connectivity index (χ0) is 16.7. The van der Waals surface area contributed by atoms with Gasteiger partial charge < -0.3 is 14.8 Å². The smallest absolute Gasteiger partial charge is 0.268 e. The summed E-state index contributed by atoms with van der Waals surface area (Å²) >= 11 is 0. The summed E-state index contributed by atoms with van der Waals surface area (Å²) in [6, 6.07) is 3.75. The van der Waals surface area contributed by atoms with Crippen LogP contribution in [0.25, 0.3) is 5.65 Å². The Labute approximate surface area is 135 Å². The summed E-state index contributed by atoms with van der Waals surface area (Å²) in [5, 5.41) is 3.14. The topological polar surface area (TPSA) is 77.2 Å². The van der Waals surface area contributed by atoms with Crippen LogP contribution in [-0.2, 0) is 9.47 Å². The number of fused-ring (bicyclic) bond motifs is 1. The van der Waals surface area contributed by atoms with Crippen LogP contribution in [-0.4, -0.2) is 56.1 Å². The lowest BCUT2D eigenvalue weighted by Gasteiger charge is -2.11. The predicted molar refractivity (Wildman–Crippen MR) is 90.9 cm³/mol. The standard InChI is InChI=1S/C16H22N4O3/c1-12-5-4-8-20-15(12)19-14(18-7-10-23-3)13(16(20)21)11-17-6-9-22-2/h4-5,8,11,18H,6-7,9-10H2,1-3H3. The van der Waals surface area contributed by atoms with Crippen molar-refractivity contribution < 1.29 is 9.47 Å². The monoisotopic (exact) mass is 318 g/mol. The van der Waals surface area contributed by atoms with Crippen molar-refractivity contribution in [1.29, 1.82) is 0 Å². The van der Waals surface area contributed by atoms with E-state index in [0.29, 0.717) is 43.3 Å². The Balaban J connectivity index is 2.47. The maximum atomic E-state index is 12.7. The SMILES string of the molecule is COCCN=Cc1c(NCCOC)nc2c(C)cccn2c1=O. The van der Waals surface area contributed by atoms with Gasteiger partial charge in [-0.1, -0.05) is 6.07 Å². The van der Waals surface area contributed by atoms with Crippen LogP contribution in [0.2, 0.25) is 0 Å². The van der Waals surface area contributed by atoms with E-state index in [-0.39, 0.29) is 5.56 Å². The molecule has 0 bridgehead atoms. The number of anilines is 1. The third-order valence-corrected chi connectivity index (χ3v) is 3.33. The molecular weight excluding hydrogens is 296 g/mol. The molecule has 7 nitrogen and oxygen atoms in total. The number of methoxy groups -OCH3 is 2. The van der Waals surface area contributed by atoms with Gasteiger partial charge in [-0.15, -0.1) is 0 Å². The van der Waals surface area contributed by atoms with Crippen LogP contribution in [0.15, 0.2) is 28.1 Å². The Morgan fingerprint density at radius 2 is 2.13 bits per heavy atom. The number of rotatable bonds is 8. The van der Waals surface area contributed by atoms with Gasteiger partial charge in [0, 0.05) is 33.2 Å². The molecule has 0 aliphatic rings. The van der Waals surface area contributed by atoms with E-state index in [0.717, 1.165) is 5.56 Å². The summed E-state index contributed by atoms with van der Waals surface area (Å²) < 4.78 is 11.5. The van der Waals surface area contributed by atoms with E-state index in [1.54, 1.807) is 26.6 Å². The highest BCUT2D eigenvalue weighted by atomic mass is 16.5. The van der Waals surface area contributed by atoms with Crippen LogP contribution in [0, 0.1) is 6.92 Å². The highest BCUT2D eigenvalue weighted by Gasteiger charge is 2.12. The van der Waals surface area contributed by atoms with Gasteiger partial charge in [0.05, 0.1) is 19.8 Å². The summed E-state index contributed by atoms with van der Waals surface area (Å²) in [5.74, 6) is 0.516. The van der Waals surface area contributed by atoms with Crippen molar-refractivity contribution in [1.82, 2.24) is 9.38 Å². The number of ether oxygens (including phenoxy) is 2. The molecule has 0 radical (unpaired) electrons. The van der Waals surface area contributed by atoms with Crippen molar-refractivity contribution >= 4 is 17.7 Å². The molecule has 0 aliphatic heterocycles. The summed E-state index contributed by atoms with van der Waals surface area (Å²) in [6.07, 6.45) is 3.27. The van der Waals surface area contributed by atoms with Gasteiger partial charge in [0.15, 0.2) is 0 Å². The highest BCUT2D eigenvalue weighted by Crippen LogP contribution is 2.12. The Bertz CT molecular complexity index is 740. The molecule has 0 atom stereocenters. The summed E-state index contributed by atoms with van der Waals surface area (Å²) in [4.78, 5) is 21.5. The molecule has 0 fully saturated rings. The Hall–Kier alpha value is -2.25. The first-order valence-corrected chi connectivity index (χ1v) is 7.42. The fraction of sp³-hybridized carbons (Fsp3) is 0.438. The second-order valence-electron chi connectivity index (χ2n) is 5.01. The van der Waals surface area contributed by atoms with Crippen molar-refractivity contribution in [2.24, 2.45) is 4.99 Å². The number of nitrogens with one attached hydrogen (secondary N) is 1. The third-order valence-electron chi connectivity index (χ3n) is 3.33. The third kappa shape index (κ3) is 4.14. The molecule has 0 saturated carbocycles. The highest BCUT2D eigenvalue weighted by molar-refractivity contribution is 5.86. The minimum atomic E-state index is -0.153. The fourth-order valence-corrected chi connectivity index (χ4v) is 2.13. The minimum Gasteiger partial charge on any atom is -0.383 e. The molecule has 2 aromatic rings. The van der Waals surface area contributed by atoms with Gasteiger partial charge in [-0.05, 0) is 18.6 Å². The average Bonchev–Trinajstić information content (AvgIpc) is 2.55. The van der Waals surface area contributed by atoms with Crippen molar-refractivity contribution in [3.05, 3.63) is 39.8 Å². The zero-order valence-electron chi connectivity index (χ0n) is 13.7. The second-order valence-corrected chi connectivity index (χ2v) is 5.01. The first-order valence-electron chi connectivity index (χ1n) is 7.42. The van der Waals surface area contributed by atoms with Crippen molar-refractivity contribution in [3.63, 3.8) is 0 Å². The Morgan fingerprint density at radius 3 is 2.87 bits per heavy atom. The molecule has 0 saturated heterocycles. The molecule has 2 rings (SSSR count). The van der Waals surface area contributed by atoms with E-state index in [1.165, 1.54) is 4.40 Å². The van der Waals surface area contributed by atoms with E-state index < -0.39 is 0 Å². The van der Waals surface area contributed by atoms with Crippen LogP contribution in [0.4, 0.5) is 5.82 Å². The van der Waals surface area contributed by atoms with Gasteiger partial charge in [0.25, 0.3) is 5.56 Å². The van der Waals surface area contributed by atoms with Gasteiger partial charge in [-0.25, -0.2) is 4.98 Å². The van der Waals surface area contributed by atoms with Crippen molar-refractivity contribution in [2.45, 2.75) is 6.92 Å². The number of hydrogen-bond donors (Lipinski definition) is 1. The molecule has 0 spiro atoms. The van der Waals surface area contributed by atoms with Crippen LogP contribution in [0.3, 0.4) is 0 Å². The number of hydrogen-bond acceptors (Lipinski definition) is 6. The zero-order valence-corrected chi connectivity index (χ0v) is 13.7. The molecule has 124 valence electrons. The van der Waals surface area contributed by atoms with E-state index in [4.69, 9.17) is 9.47 Å². The molecule has 2 heterocycles. The fourth-order valence-electron chi connectivity index (χ4n) is 2.13. The normalized spacial score (nSPS) is 11.4. The minimum absolute atomic E-state index is 0.153. The van der Waals surface area contributed by atoms with Crippen molar-refractivity contribution in [3.8, 4) is 0 Å². The van der Waals surface area contributed by atoms with Crippen LogP contribution in [0.1, 0.15) is 11.1 Å². The van der Waals surface area contributed by atoms with E-state index in [2.05, 4.69) is 15.3 Å². The number of nitrogens with zero attached hydrogens (tertiary/aromatic N) is 3. The first-order chi connectivity index (χ1) is 11.2. The number of aromatic nitrogens is 2. The average molecular weight is 318 g/mol. The van der Waals surface area contributed by atoms with Gasteiger partial charge >= 0.3 is 0 Å². The summed E-state index contributed by atoms with van der Waals surface area (Å²) in [6.45, 7) is 4.00. The second kappa shape index (κ2) is 8.40. The van der Waals surface area contributed by atoms with Gasteiger partial charge in [-0.3, -0.25) is 14.2 Å². The van der Waals surface area contributed by atoms with Gasteiger partial charge in [-0.2, -0.15) is 0 Å². The van der Waals surface area contributed by atoms with Crippen LogP contribution < -0.4 is 10.9 Å². The number of aryl methyl sites for hydroxylation is 1. The maximum absolute atomic E-state index is 12.7. The molecule has 0 amide bonds. The quantitative estimate of drug-likeness (QED) is 0.583.